The van der Waals surface area contributed by atoms with Crippen LogP contribution in [0.25, 0.3) is 0 Å². The number of aromatic amines is 1. The van der Waals surface area contributed by atoms with Gasteiger partial charge in [-0.15, -0.1) is 0 Å². The van der Waals surface area contributed by atoms with Crippen LogP contribution in [0.1, 0.15) is 17.0 Å². The van der Waals surface area contributed by atoms with Gasteiger partial charge >= 0.3 is 5.97 Å². The number of carbonyl (C=O) groups is 2. The van der Waals surface area contributed by atoms with Crippen LogP contribution in [-0.2, 0) is 33.7 Å². The van der Waals surface area contributed by atoms with Gasteiger partial charge in [-0.05, 0) is 17.7 Å². The van der Waals surface area contributed by atoms with Crippen molar-refractivity contribution in [3.63, 3.8) is 0 Å². The summed E-state index contributed by atoms with van der Waals surface area (Å²) in [5.74, 6) is 0.182. The quantitative estimate of drug-likeness (QED) is 0.849. The molecule has 1 atom stereocenters. The van der Waals surface area contributed by atoms with E-state index >= 15 is 0 Å². The highest BCUT2D eigenvalue weighted by atomic mass is 16.5. The molecule has 0 bridgehead atoms. The Morgan fingerprint density at radius 1 is 1.29 bits per heavy atom. The van der Waals surface area contributed by atoms with Gasteiger partial charge in [-0.1, -0.05) is 12.1 Å². The molecular formula is C17H19N3O4. The van der Waals surface area contributed by atoms with Gasteiger partial charge in [0.1, 0.15) is 11.8 Å². The van der Waals surface area contributed by atoms with Gasteiger partial charge in [-0.3, -0.25) is 4.79 Å². The van der Waals surface area contributed by atoms with Crippen molar-refractivity contribution in [2.45, 2.75) is 25.4 Å². The Bertz CT molecular complexity index is 739. The van der Waals surface area contributed by atoms with Crippen molar-refractivity contribution in [3.8, 4) is 5.75 Å². The molecule has 0 fully saturated rings. The highest BCUT2D eigenvalue weighted by Gasteiger charge is 2.36. The number of H-pyrrole nitrogens is 1. The Balaban J connectivity index is 1.79. The van der Waals surface area contributed by atoms with Gasteiger partial charge in [0.05, 0.1) is 44.9 Å². The number of methoxy groups -OCH3 is 2. The monoisotopic (exact) mass is 329 g/mol. The number of hydrogen-bond acceptors (Lipinski definition) is 5. The molecule has 1 aliphatic heterocycles. The summed E-state index contributed by atoms with van der Waals surface area (Å²) in [6, 6.07) is 6.66. The van der Waals surface area contributed by atoms with Gasteiger partial charge in [0.2, 0.25) is 5.91 Å². The number of rotatable bonds is 4. The average Bonchev–Trinajstić information content (AvgIpc) is 3.08. The number of carbonyl (C=O) groups excluding carboxylic acids is 2. The molecule has 0 saturated carbocycles. The van der Waals surface area contributed by atoms with Crippen molar-refractivity contribution in [2.75, 3.05) is 14.2 Å². The molecule has 0 saturated heterocycles. The van der Waals surface area contributed by atoms with Crippen molar-refractivity contribution >= 4 is 11.9 Å². The summed E-state index contributed by atoms with van der Waals surface area (Å²) >= 11 is 0. The van der Waals surface area contributed by atoms with Crippen molar-refractivity contribution in [1.82, 2.24) is 14.9 Å². The zero-order chi connectivity index (χ0) is 17.1. The number of aromatic nitrogens is 2. The van der Waals surface area contributed by atoms with E-state index in [-0.39, 0.29) is 12.3 Å². The number of ether oxygens (including phenoxy) is 2. The highest BCUT2D eigenvalue weighted by molar-refractivity contribution is 5.86. The summed E-state index contributed by atoms with van der Waals surface area (Å²) in [6.07, 6.45) is 2.15. The number of nitrogens with zero attached hydrogens (tertiary/aromatic N) is 2. The van der Waals surface area contributed by atoms with Crippen molar-refractivity contribution in [2.24, 2.45) is 0 Å². The van der Waals surface area contributed by atoms with Gasteiger partial charge in [-0.2, -0.15) is 0 Å². The van der Waals surface area contributed by atoms with Gasteiger partial charge < -0.3 is 19.4 Å². The van der Waals surface area contributed by atoms with Crippen LogP contribution in [0.3, 0.4) is 0 Å². The van der Waals surface area contributed by atoms with E-state index in [0.29, 0.717) is 13.0 Å². The Morgan fingerprint density at radius 3 is 2.71 bits per heavy atom. The summed E-state index contributed by atoms with van der Waals surface area (Å²) in [5.41, 5.74) is 2.52. The van der Waals surface area contributed by atoms with Crippen LogP contribution in [0.2, 0.25) is 0 Å². The molecule has 2 heterocycles. The van der Waals surface area contributed by atoms with Crippen LogP contribution >= 0.6 is 0 Å². The molecule has 3 rings (SSSR count). The number of nitrogens with one attached hydrogen (secondary N) is 1. The molecule has 7 heteroatoms. The predicted octanol–water partition coefficient (Wildman–Crippen LogP) is 1.09. The van der Waals surface area contributed by atoms with Crippen LogP contribution in [0.5, 0.6) is 5.75 Å². The van der Waals surface area contributed by atoms with Crippen molar-refractivity contribution in [3.05, 3.63) is 47.5 Å². The molecule has 126 valence electrons. The molecule has 0 aliphatic carbocycles. The van der Waals surface area contributed by atoms with Crippen LogP contribution in [0.4, 0.5) is 0 Å². The number of esters is 1. The topological polar surface area (TPSA) is 84.5 Å². The molecule has 2 aromatic rings. The van der Waals surface area contributed by atoms with Crippen LogP contribution in [-0.4, -0.2) is 47.0 Å². The molecule has 24 heavy (non-hydrogen) atoms. The predicted molar refractivity (Wildman–Crippen MR) is 85.3 cm³/mol. The van der Waals surface area contributed by atoms with E-state index in [2.05, 4.69) is 9.97 Å². The van der Waals surface area contributed by atoms with Gasteiger partial charge in [0.15, 0.2) is 0 Å². The molecule has 1 amide bonds. The second-order valence-corrected chi connectivity index (χ2v) is 5.62. The summed E-state index contributed by atoms with van der Waals surface area (Å²) in [5, 5.41) is 0. The lowest BCUT2D eigenvalue weighted by Gasteiger charge is -2.33. The normalized spacial score (nSPS) is 16.4. The molecule has 1 aliphatic rings. The van der Waals surface area contributed by atoms with Crippen LogP contribution < -0.4 is 4.74 Å². The number of hydrogen-bond donors (Lipinski definition) is 1. The first-order valence-electron chi connectivity index (χ1n) is 7.63. The standard InChI is InChI=1S/C17H19N3O4/c1-23-12-5-3-11(4-6-12)7-16(21)20-9-14-13(18-10-19-14)8-15(20)17(22)24-2/h3-6,10,15H,7-9H2,1-2H3,(H,18,19). The van der Waals surface area contributed by atoms with E-state index in [0.717, 1.165) is 22.7 Å². The van der Waals surface area contributed by atoms with E-state index in [9.17, 15) is 9.59 Å². The van der Waals surface area contributed by atoms with E-state index in [1.165, 1.54) is 7.11 Å². The third kappa shape index (κ3) is 3.10. The summed E-state index contributed by atoms with van der Waals surface area (Å²) < 4.78 is 9.97. The maximum atomic E-state index is 12.7. The molecule has 7 nitrogen and oxygen atoms in total. The number of benzene rings is 1. The first-order chi connectivity index (χ1) is 11.6. The summed E-state index contributed by atoms with van der Waals surface area (Å²) in [7, 11) is 2.92. The first kappa shape index (κ1) is 16.0. The zero-order valence-corrected chi connectivity index (χ0v) is 13.6. The fourth-order valence-corrected chi connectivity index (χ4v) is 2.86. The van der Waals surface area contributed by atoms with Gasteiger partial charge in [-0.25, -0.2) is 9.78 Å². The van der Waals surface area contributed by atoms with Crippen molar-refractivity contribution < 1.29 is 19.1 Å². The fraction of sp³-hybridized carbons (Fsp3) is 0.353. The fourth-order valence-electron chi connectivity index (χ4n) is 2.86. The maximum absolute atomic E-state index is 12.7. The Hall–Kier alpha value is -2.83. The lowest BCUT2D eigenvalue weighted by Crippen LogP contribution is -2.49. The Kier molecular flexibility index (Phi) is 4.50. The van der Waals surface area contributed by atoms with Crippen LogP contribution in [0.15, 0.2) is 30.6 Å². The van der Waals surface area contributed by atoms with Gasteiger partial charge in [0, 0.05) is 6.42 Å². The molecule has 1 aromatic carbocycles. The molecular weight excluding hydrogens is 310 g/mol. The van der Waals surface area contributed by atoms with E-state index in [1.807, 2.05) is 24.3 Å². The average molecular weight is 329 g/mol. The minimum absolute atomic E-state index is 0.129. The van der Waals surface area contributed by atoms with E-state index < -0.39 is 12.0 Å². The molecule has 1 unspecified atom stereocenters. The van der Waals surface area contributed by atoms with Gasteiger partial charge in [0.25, 0.3) is 0 Å². The molecule has 1 N–H and O–H groups in total. The summed E-state index contributed by atoms with van der Waals surface area (Å²) in [6.45, 7) is 0.324. The van der Waals surface area contributed by atoms with E-state index in [1.54, 1.807) is 18.3 Å². The minimum atomic E-state index is -0.642. The van der Waals surface area contributed by atoms with Crippen LogP contribution in [0, 0.1) is 0 Å². The Morgan fingerprint density at radius 2 is 2.04 bits per heavy atom. The number of fused-ring (bicyclic) bond motifs is 1. The smallest absolute Gasteiger partial charge is 0.329 e. The largest absolute Gasteiger partial charge is 0.497 e. The third-order valence-corrected chi connectivity index (χ3v) is 4.21. The third-order valence-electron chi connectivity index (χ3n) is 4.21. The summed E-state index contributed by atoms with van der Waals surface area (Å²) in [4.78, 5) is 33.6. The second kappa shape index (κ2) is 6.74. The number of imidazole rings is 1. The lowest BCUT2D eigenvalue weighted by atomic mass is 10.0. The van der Waals surface area contributed by atoms with Crippen molar-refractivity contribution in [1.29, 1.82) is 0 Å². The molecule has 0 radical (unpaired) electrons. The first-order valence-corrected chi connectivity index (χ1v) is 7.63. The minimum Gasteiger partial charge on any atom is -0.497 e. The maximum Gasteiger partial charge on any atom is 0.329 e. The van der Waals surface area contributed by atoms with E-state index in [4.69, 9.17) is 9.47 Å². The molecule has 0 spiro atoms. The highest BCUT2D eigenvalue weighted by Crippen LogP contribution is 2.23. The molecule has 1 aromatic heterocycles. The Labute approximate surface area is 139 Å². The number of amides is 1. The lowest BCUT2D eigenvalue weighted by molar-refractivity contribution is -0.153. The SMILES string of the molecule is COC(=O)C1Cc2nc[nH]c2CN1C(=O)Cc1ccc(OC)cc1. The zero-order valence-electron chi connectivity index (χ0n) is 13.6. The second-order valence-electron chi connectivity index (χ2n) is 5.62.